The third-order valence-corrected chi connectivity index (χ3v) is 2.43. The molecular weight excluding hydrogens is 148 g/mol. The Kier molecular flexibility index (Phi) is 4.17. The third-order valence-electron chi connectivity index (χ3n) is 1.03. The summed E-state index contributed by atoms with van der Waals surface area (Å²) in [6.45, 7) is 5.99. The molecule has 0 saturated carbocycles. The summed E-state index contributed by atoms with van der Waals surface area (Å²) in [5.41, 5.74) is -0.142. The first-order chi connectivity index (χ1) is 4.48. The average molecular weight is 164 g/mol. The van der Waals surface area contributed by atoms with Gasteiger partial charge >= 0.3 is 0 Å². The van der Waals surface area contributed by atoms with Gasteiger partial charge in [0.15, 0.2) is 0 Å². The number of aliphatic hydroxyl groups is 2. The Morgan fingerprint density at radius 2 is 1.90 bits per heavy atom. The van der Waals surface area contributed by atoms with Gasteiger partial charge in [0.1, 0.15) is 0 Å². The van der Waals surface area contributed by atoms with Gasteiger partial charge < -0.3 is 10.2 Å². The molecule has 2 nitrogen and oxygen atoms in total. The highest BCUT2D eigenvalue weighted by Crippen LogP contribution is 2.16. The molecule has 62 valence electrons. The highest BCUT2D eigenvalue weighted by molar-refractivity contribution is 7.98. The second-order valence-electron chi connectivity index (χ2n) is 3.18. The van der Waals surface area contributed by atoms with Gasteiger partial charge in [0.25, 0.3) is 0 Å². The summed E-state index contributed by atoms with van der Waals surface area (Å²) in [6, 6.07) is 0. The maximum Gasteiger partial charge on any atom is 0.0749 e. The van der Waals surface area contributed by atoms with E-state index in [1.807, 2.05) is 20.8 Å². The van der Waals surface area contributed by atoms with E-state index in [0.717, 1.165) is 11.4 Å². The zero-order chi connectivity index (χ0) is 8.20. The van der Waals surface area contributed by atoms with Crippen LogP contribution in [-0.2, 0) is 0 Å². The lowest BCUT2D eigenvalue weighted by molar-refractivity contribution is 0.322. The van der Waals surface area contributed by atoms with Crippen LogP contribution in [0.2, 0.25) is 0 Å². The summed E-state index contributed by atoms with van der Waals surface area (Å²) in [7, 11) is 0. The first kappa shape index (κ1) is 10.1. The number of rotatable bonds is 2. The van der Waals surface area contributed by atoms with Gasteiger partial charge in [-0.05, 0) is 0 Å². The van der Waals surface area contributed by atoms with Crippen LogP contribution < -0.4 is 0 Å². The molecule has 10 heavy (non-hydrogen) atoms. The average Bonchev–Trinajstić information content (AvgIpc) is 1.80. The lowest BCUT2D eigenvalue weighted by Crippen LogP contribution is -2.18. The molecule has 0 aromatic heterocycles. The maximum absolute atomic E-state index is 9.31. The topological polar surface area (TPSA) is 40.5 Å². The Hall–Kier alpha value is 0.140. The normalized spacial score (nSPS) is 14.7. The van der Waals surface area contributed by atoms with Gasteiger partial charge in [-0.3, -0.25) is 0 Å². The molecule has 0 aliphatic rings. The predicted octanol–water partition coefficient (Wildman–Crippen LogP) is 1.18. The minimum atomic E-state index is -0.142. The molecule has 0 bridgehead atoms. The summed E-state index contributed by atoms with van der Waals surface area (Å²) in [5, 5.41) is 18.2. The van der Waals surface area contributed by atoms with Crippen LogP contribution in [0.5, 0.6) is 0 Å². The molecule has 0 aliphatic heterocycles. The first-order valence-corrected chi connectivity index (χ1v) is 4.41. The smallest absolute Gasteiger partial charge is 0.0749 e. The van der Waals surface area contributed by atoms with Crippen LogP contribution in [0.25, 0.3) is 0 Å². The van der Waals surface area contributed by atoms with E-state index in [9.17, 15) is 5.11 Å². The minimum absolute atomic E-state index is 0.141. The van der Waals surface area contributed by atoms with Gasteiger partial charge in [-0.1, -0.05) is 20.8 Å². The second kappa shape index (κ2) is 4.11. The van der Waals surface area contributed by atoms with E-state index in [-0.39, 0.29) is 12.0 Å². The lowest BCUT2D eigenvalue weighted by atomic mass is 9.99. The molecule has 0 heterocycles. The zero-order valence-electron chi connectivity index (χ0n) is 6.76. The number of thiol groups is 1. The summed E-state index contributed by atoms with van der Waals surface area (Å²) in [6.07, 6.45) is 0. The molecular formula is C7H16O2S. The SMILES string of the molecule is CC(C)(C)C(O)=[SH]CCO. The van der Waals surface area contributed by atoms with E-state index in [1.165, 1.54) is 0 Å². The quantitative estimate of drug-likeness (QED) is 0.423. The summed E-state index contributed by atoms with van der Waals surface area (Å²) >= 11 is 0.843. The van der Waals surface area contributed by atoms with Crippen LogP contribution in [-0.4, -0.2) is 27.6 Å². The molecule has 0 aliphatic carbocycles. The molecule has 0 aromatic carbocycles. The Labute approximate surface area is 65.8 Å². The van der Waals surface area contributed by atoms with Crippen molar-refractivity contribution in [1.29, 1.82) is 0 Å². The molecule has 0 atom stereocenters. The van der Waals surface area contributed by atoms with Crippen molar-refractivity contribution in [2.45, 2.75) is 20.8 Å². The van der Waals surface area contributed by atoms with Gasteiger partial charge in [-0.15, -0.1) is 0 Å². The Bertz CT molecular complexity index is 124. The molecule has 0 spiro atoms. The molecule has 2 N–H and O–H groups in total. The van der Waals surface area contributed by atoms with E-state index in [1.54, 1.807) is 0 Å². The van der Waals surface area contributed by atoms with Crippen molar-refractivity contribution in [1.82, 2.24) is 0 Å². The van der Waals surface area contributed by atoms with E-state index < -0.39 is 0 Å². The molecule has 0 amide bonds. The monoisotopic (exact) mass is 164 g/mol. The van der Waals surface area contributed by atoms with Crippen LogP contribution in [0.15, 0.2) is 0 Å². The second-order valence-corrected chi connectivity index (χ2v) is 4.37. The van der Waals surface area contributed by atoms with Gasteiger partial charge in [-0.25, -0.2) is 0 Å². The highest BCUT2D eigenvalue weighted by atomic mass is 32.1. The summed E-state index contributed by atoms with van der Waals surface area (Å²) in [4.78, 5) is 0. The molecule has 0 saturated heterocycles. The van der Waals surface area contributed by atoms with Crippen LogP contribution in [0.1, 0.15) is 20.8 Å². The van der Waals surface area contributed by atoms with Crippen LogP contribution in [0.3, 0.4) is 0 Å². The maximum atomic E-state index is 9.31. The standard InChI is InChI=1S/C7H16O2S/c1-7(2,3)6(9)10-5-4-8/h8-10H,4-5H2,1-3H3. The highest BCUT2D eigenvalue weighted by Gasteiger charge is 2.13. The third kappa shape index (κ3) is 4.04. The van der Waals surface area contributed by atoms with Crippen molar-refractivity contribution in [2.24, 2.45) is 5.41 Å². The van der Waals surface area contributed by atoms with Crippen molar-refractivity contribution in [2.75, 3.05) is 12.4 Å². The fourth-order valence-electron chi connectivity index (χ4n) is 0.393. The van der Waals surface area contributed by atoms with Crippen molar-refractivity contribution in [3.8, 4) is 0 Å². The van der Waals surface area contributed by atoms with E-state index in [2.05, 4.69) is 0 Å². The van der Waals surface area contributed by atoms with Crippen molar-refractivity contribution >= 4 is 16.4 Å². The molecule has 0 unspecified atom stereocenters. The van der Waals surface area contributed by atoms with Crippen molar-refractivity contribution in [3.63, 3.8) is 0 Å². The van der Waals surface area contributed by atoms with Crippen molar-refractivity contribution < 1.29 is 10.2 Å². The number of hydrogen-bond acceptors (Lipinski definition) is 1. The Balaban J connectivity index is 3.93. The molecule has 0 fully saturated rings. The van der Waals surface area contributed by atoms with E-state index >= 15 is 0 Å². The van der Waals surface area contributed by atoms with Crippen LogP contribution in [0, 0.1) is 5.41 Å². The minimum Gasteiger partial charge on any atom is -0.396 e. The lowest BCUT2D eigenvalue weighted by Gasteiger charge is -2.16. The van der Waals surface area contributed by atoms with Gasteiger partial charge in [-0.2, -0.15) is 11.4 Å². The molecule has 0 rings (SSSR count). The molecule has 0 radical (unpaired) electrons. The Morgan fingerprint density at radius 1 is 1.40 bits per heavy atom. The summed E-state index contributed by atoms with van der Waals surface area (Å²) in [5.74, 6) is 0.628. The van der Waals surface area contributed by atoms with Gasteiger partial charge in [0, 0.05) is 11.2 Å². The van der Waals surface area contributed by atoms with Gasteiger partial charge in [0.05, 0.1) is 11.7 Å². The fourth-order valence-corrected chi connectivity index (χ4v) is 1.18. The number of hydrogen-bond donors (Lipinski definition) is 3. The zero-order valence-corrected chi connectivity index (χ0v) is 7.65. The predicted molar refractivity (Wildman–Crippen MR) is 48.0 cm³/mol. The van der Waals surface area contributed by atoms with Gasteiger partial charge in [0.2, 0.25) is 0 Å². The van der Waals surface area contributed by atoms with Crippen LogP contribution >= 0.6 is 11.4 Å². The number of aliphatic hydroxyl groups excluding tert-OH is 2. The molecule has 3 heteroatoms. The Morgan fingerprint density at radius 3 is 2.20 bits per heavy atom. The van der Waals surface area contributed by atoms with Crippen molar-refractivity contribution in [3.05, 3.63) is 0 Å². The first-order valence-electron chi connectivity index (χ1n) is 3.33. The summed E-state index contributed by atoms with van der Waals surface area (Å²) < 4.78 is 0. The largest absolute Gasteiger partial charge is 0.396 e. The fraction of sp³-hybridized carbons (Fsp3) is 0.857. The van der Waals surface area contributed by atoms with E-state index in [4.69, 9.17) is 5.11 Å². The van der Waals surface area contributed by atoms with Crippen LogP contribution in [0.4, 0.5) is 0 Å². The molecule has 0 aromatic rings. The van der Waals surface area contributed by atoms with E-state index in [0.29, 0.717) is 10.8 Å².